The zero-order valence-electron chi connectivity index (χ0n) is 27.8. The van der Waals surface area contributed by atoms with Crippen molar-refractivity contribution in [2.75, 3.05) is 11.9 Å². The van der Waals surface area contributed by atoms with Gasteiger partial charge in [0, 0.05) is 68.6 Å². The van der Waals surface area contributed by atoms with Crippen LogP contribution in [0.3, 0.4) is 0 Å². The van der Waals surface area contributed by atoms with E-state index in [1.807, 2.05) is 43.3 Å². The molecule has 0 radical (unpaired) electrons. The van der Waals surface area contributed by atoms with Crippen molar-refractivity contribution in [2.45, 2.75) is 72.8 Å². The summed E-state index contributed by atoms with van der Waals surface area (Å²) in [6.45, 7) is 10.7. The summed E-state index contributed by atoms with van der Waals surface area (Å²) in [6.07, 6.45) is 2.12. The normalized spacial score (nSPS) is 18.9. The summed E-state index contributed by atoms with van der Waals surface area (Å²) in [6, 6.07) is 19.3. The van der Waals surface area contributed by atoms with Gasteiger partial charge in [0.05, 0.1) is 4.47 Å². The second kappa shape index (κ2) is 13.3. The van der Waals surface area contributed by atoms with Gasteiger partial charge in [0.1, 0.15) is 5.75 Å². The van der Waals surface area contributed by atoms with E-state index in [4.69, 9.17) is 16.3 Å². The number of Topliss-reactive ketones (excluding diaryl/α,β-unsaturated/α-hetero) is 2. The Morgan fingerprint density at radius 3 is 2.08 bits per heavy atom. The van der Waals surface area contributed by atoms with Gasteiger partial charge in [-0.2, -0.15) is 0 Å². The van der Waals surface area contributed by atoms with Crippen LogP contribution < -0.4 is 10.1 Å². The number of allylic oxidation sites excluding steroid dienone is 4. The van der Waals surface area contributed by atoms with E-state index in [-0.39, 0.29) is 34.9 Å². The first-order valence-electron chi connectivity index (χ1n) is 16.1. The second-order valence-corrected chi connectivity index (χ2v) is 16.9. The predicted molar refractivity (Wildman–Crippen MR) is 197 cm³/mol. The number of hydrogen-bond donors (Lipinski definition) is 1. The third-order valence-electron chi connectivity index (χ3n) is 9.36. The number of halogens is 3. The van der Waals surface area contributed by atoms with Crippen LogP contribution in [-0.2, 0) is 20.9 Å². The van der Waals surface area contributed by atoms with Gasteiger partial charge in [-0.25, -0.2) is 0 Å². The van der Waals surface area contributed by atoms with Crippen molar-refractivity contribution in [3.8, 4) is 5.75 Å². The minimum atomic E-state index is -0.642. The van der Waals surface area contributed by atoms with Gasteiger partial charge in [-0.15, -0.1) is 0 Å². The van der Waals surface area contributed by atoms with Gasteiger partial charge in [-0.3, -0.25) is 14.4 Å². The number of carbonyl (C=O) groups excluding carboxylic acids is 3. The number of hydrogen-bond acceptors (Lipinski definition) is 5. The lowest BCUT2D eigenvalue weighted by Crippen LogP contribution is -2.44. The van der Waals surface area contributed by atoms with E-state index in [0.29, 0.717) is 69.9 Å². The Morgan fingerprint density at radius 2 is 1.50 bits per heavy atom. The molecule has 3 aliphatic rings. The van der Waals surface area contributed by atoms with Gasteiger partial charge >= 0.3 is 0 Å². The lowest BCUT2D eigenvalue weighted by Gasteiger charge is -2.49. The minimum Gasteiger partial charge on any atom is -0.482 e. The number of amides is 1. The number of carbonyl (C=O) groups is 3. The monoisotopic (exact) mass is 792 g/mol. The molecule has 48 heavy (non-hydrogen) atoms. The maximum atomic E-state index is 14.4. The molecule has 6 nitrogen and oxygen atoms in total. The summed E-state index contributed by atoms with van der Waals surface area (Å²) in [7, 11) is 0. The molecule has 250 valence electrons. The average Bonchev–Trinajstić information content (AvgIpc) is 2.98. The maximum absolute atomic E-state index is 14.4. The van der Waals surface area contributed by atoms with Gasteiger partial charge in [-0.1, -0.05) is 91.6 Å². The standard InChI is InChI=1S/C39H39Br2ClN2O4/c1-22-11-12-25(15-28(22)42)43-33(47)21-48-37-26(13-24(40)14-27(37)41)34-35-29(16-38(2,3)18-31(35)45)44(20-23-9-7-6-8-10-23)30-17-39(4,5)19-32(46)36(30)34/h6-15,34H,16-21H2,1-5H3,(H,43,47). The van der Waals surface area contributed by atoms with E-state index in [2.05, 4.69) is 81.9 Å². The highest BCUT2D eigenvalue weighted by Gasteiger charge is 2.49. The van der Waals surface area contributed by atoms with Crippen LogP contribution in [0.25, 0.3) is 0 Å². The number of ketones is 2. The van der Waals surface area contributed by atoms with Crippen molar-refractivity contribution in [1.29, 1.82) is 0 Å². The molecule has 0 atom stereocenters. The molecular formula is C39H39Br2ClN2O4. The third kappa shape index (κ3) is 7.08. The lowest BCUT2D eigenvalue weighted by molar-refractivity contribution is -0.120. The van der Waals surface area contributed by atoms with Crippen molar-refractivity contribution in [3.05, 3.63) is 114 Å². The number of anilines is 1. The minimum absolute atomic E-state index is 0.0320. The summed E-state index contributed by atoms with van der Waals surface area (Å²) in [5.74, 6) is -0.518. The van der Waals surface area contributed by atoms with Crippen molar-refractivity contribution in [2.24, 2.45) is 10.8 Å². The Balaban J connectivity index is 1.48. The molecule has 0 saturated heterocycles. The van der Waals surface area contributed by atoms with E-state index in [9.17, 15) is 14.4 Å². The predicted octanol–water partition coefficient (Wildman–Crippen LogP) is 10.1. The molecule has 1 amide bonds. The van der Waals surface area contributed by atoms with Gasteiger partial charge < -0.3 is 15.0 Å². The largest absolute Gasteiger partial charge is 0.482 e. The van der Waals surface area contributed by atoms with Crippen molar-refractivity contribution < 1.29 is 19.1 Å². The molecule has 2 aliphatic carbocycles. The highest BCUT2D eigenvalue weighted by atomic mass is 79.9. The quantitative estimate of drug-likeness (QED) is 0.258. The molecule has 6 rings (SSSR count). The number of nitrogens with one attached hydrogen (secondary N) is 1. The number of rotatable bonds is 7. The van der Waals surface area contributed by atoms with Crippen LogP contribution in [0.5, 0.6) is 5.75 Å². The SMILES string of the molecule is Cc1ccc(NC(=O)COc2c(Br)cc(Br)cc2C2C3=C(CC(C)(C)CC3=O)N(Cc3ccccc3)C3=C2C(=O)CC(C)(C)C3)cc1Cl. The van der Waals surface area contributed by atoms with Crippen LogP contribution in [0.1, 0.15) is 76.0 Å². The fourth-order valence-electron chi connectivity index (χ4n) is 7.27. The summed E-state index contributed by atoms with van der Waals surface area (Å²) in [5, 5.41) is 3.41. The average molecular weight is 795 g/mol. The fourth-order valence-corrected chi connectivity index (χ4v) is 8.82. The maximum Gasteiger partial charge on any atom is 0.262 e. The molecule has 0 fully saturated rings. The summed E-state index contributed by atoms with van der Waals surface area (Å²) >= 11 is 13.6. The van der Waals surface area contributed by atoms with Crippen molar-refractivity contribution in [1.82, 2.24) is 4.90 Å². The van der Waals surface area contributed by atoms with Gasteiger partial charge in [0.2, 0.25) is 0 Å². The Hall–Kier alpha value is -3.20. The van der Waals surface area contributed by atoms with Gasteiger partial charge in [-0.05, 0) is 81.9 Å². The lowest BCUT2D eigenvalue weighted by atomic mass is 9.63. The van der Waals surface area contributed by atoms with Crippen LogP contribution in [0.4, 0.5) is 5.69 Å². The summed E-state index contributed by atoms with van der Waals surface area (Å²) < 4.78 is 7.68. The third-order valence-corrected chi connectivity index (χ3v) is 10.8. The molecule has 1 aliphatic heterocycles. The Bertz CT molecular complexity index is 1840. The Kier molecular flexibility index (Phi) is 9.57. The van der Waals surface area contributed by atoms with E-state index < -0.39 is 5.92 Å². The first kappa shape index (κ1) is 34.7. The number of benzene rings is 3. The number of ether oxygens (including phenoxy) is 1. The van der Waals surface area contributed by atoms with Crippen LogP contribution in [0, 0.1) is 17.8 Å². The number of aryl methyl sites for hydroxylation is 1. The molecule has 0 bridgehead atoms. The highest BCUT2D eigenvalue weighted by molar-refractivity contribution is 9.11. The summed E-state index contributed by atoms with van der Waals surface area (Å²) in [5.41, 5.74) is 5.96. The van der Waals surface area contributed by atoms with E-state index in [0.717, 1.165) is 27.0 Å². The molecule has 3 aromatic rings. The van der Waals surface area contributed by atoms with Gasteiger partial charge in [0.25, 0.3) is 5.91 Å². The summed E-state index contributed by atoms with van der Waals surface area (Å²) in [4.78, 5) is 44.2. The van der Waals surface area contributed by atoms with Crippen molar-refractivity contribution >= 4 is 66.6 Å². The molecule has 9 heteroatoms. The fraction of sp³-hybridized carbons (Fsp3) is 0.359. The molecule has 1 N–H and O–H groups in total. The van der Waals surface area contributed by atoms with Crippen LogP contribution >= 0.6 is 43.5 Å². The molecular weight excluding hydrogens is 756 g/mol. The zero-order chi connectivity index (χ0) is 34.5. The first-order valence-corrected chi connectivity index (χ1v) is 18.1. The Labute approximate surface area is 304 Å². The molecule has 3 aromatic carbocycles. The molecule has 0 unspecified atom stereocenters. The van der Waals surface area contributed by atoms with E-state index in [1.165, 1.54) is 0 Å². The molecule has 0 spiro atoms. The highest BCUT2D eigenvalue weighted by Crippen LogP contribution is 2.56. The topological polar surface area (TPSA) is 75.7 Å². The van der Waals surface area contributed by atoms with Gasteiger partial charge in [0.15, 0.2) is 18.2 Å². The number of nitrogens with zero attached hydrogens (tertiary/aromatic N) is 1. The van der Waals surface area contributed by atoms with E-state index in [1.54, 1.807) is 12.1 Å². The zero-order valence-corrected chi connectivity index (χ0v) is 31.7. The first-order chi connectivity index (χ1) is 22.6. The van der Waals surface area contributed by atoms with Crippen LogP contribution in [0.2, 0.25) is 5.02 Å². The molecule has 1 heterocycles. The second-order valence-electron chi connectivity index (χ2n) is 14.7. The van der Waals surface area contributed by atoms with E-state index >= 15 is 0 Å². The Morgan fingerprint density at radius 1 is 0.896 bits per heavy atom. The van der Waals surface area contributed by atoms with Crippen molar-refractivity contribution in [3.63, 3.8) is 0 Å². The van der Waals surface area contributed by atoms with Crippen LogP contribution in [0.15, 0.2) is 92.1 Å². The van der Waals surface area contributed by atoms with Crippen LogP contribution in [-0.4, -0.2) is 29.0 Å². The molecule has 0 saturated carbocycles. The smallest absolute Gasteiger partial charge is 0.262 e. The molecule has 0 aromatic heterocycles.